The molecular weight excluding hydrogens is 349 g/mol. The predicted molar refractivity (Wildman–Crippen MR) is 92.4 cm³/mol. The van der Waals surface area contributed by atoms with Crippen molar-refractivity contribution in [2.45, 2.75) is 30.5 Å². The molecule has 0 fully saturated rings. The van der Waals surface area contributed by atoms with Gasteiger partial charge in [0, 0.05) is 18.2 Å². The highest BCUT2D eigenvalue weighted by Crippen LogP contribution is 2.29. The van der Waals surface area contributed by atoms with Crippen LogP contribution in [-0.4, -0.2) is 23.2 Å². The third kappa shape index (κ3) is 5.77. The van der Waals surface area contributed by atoms with Gasteiger partial charge in [0.1, 0.15) is 0 Å². The number of aromatic nitrogens is 1. The van der Waals surface area contributed by atoms with Gasteiger partial charge >= 0.3 is 6.18 Å². The van der Waals surface area contributed by atoms with Gasteiger partial charge in [-0.2, -0.15) is 13.2 Å². The lowest BCUT2D eigenvalue weighted by Gasteiger charge is -2.25. The van der Waals surface area contributed by atoms with Gasteiger partial charge in [0.15, 0.2) is 0 Å². The second-order valence-corrected chi connectivity index (χ2v) is 7.19. The molecule has 1 heterocycles. The minimum atomic E-state index is -4.41. The molecule has 2 aromatic rings. The van der Waals surface area contributed by atoms with E-state index in [0.717, 1.165) is 29.6 Å². The van der Waals surface area contributed by atoms with Crippen LogP contribution in [0.25, 0.3) is 0 Å². The number of hydrogen-bond acceptors (Lipinski definition) is 3. The number of thioether (sulfide) groups is 1. The number of carbonyl (C=O) groups is 1. The van der Waals surface area contributed by atoms with E-state index in [9.17, 15) is 18.0 Å². The van der Waals surface area contributed by atoms with Crippen molar-refractivity contribution in [2.75, 3.05) is 12.3 Å². The Hall–Kier alpha value is -2.02. The zero-order valence-electron chi connectivity index (χ0n) is 13.9. The third-order valence-electron chi connectivity index (χ3n) is 3.70. The maximum atomic E-state index is 12.5. The number of benzene rings is 1. The molecule has 134 valence electrons. The minimum absolute atomic E-state index is 0.100. The molecule has 1 amide bonds. The van der Waals surface area contributed by atoms with E-state index in [-0.39, 0.29) is 17.1 Å². The lowest BCUT2D eigenvalue weighted by Crippen LogP contribution is -2.37. The van der Waals surface area contributed by atoms with Crippen LogP contribution in [0.4, 0.5) is 13.2 Å². The van der Waals surface area contributed by atoms with Gasteiger partial charge in [0.25, 0.3) is 0 Å². The van der Waals surface area contributed by atoms with Crippen LogP contribution in [-0.2, 0) is 16.4 Å². The Kier molecular flexibility index (Phi) is 6.11. The Morgan fingerprint density at radius 2 is 1.76 bits per heavy atom. The standard InChI is InChI=1S/C18H19F3N2OS/c1-17(2,13-6-4-3-5-7-13)12-23-15(24)11-25-16-9-8-14(10-22-16)18(19,20)21/h3-10H,11-12H2,1-2H3,(H,23,24). The number of amides is 1. The van der Waals surface area contributed by atoms with Crippen molar-refractivity contribution in [2.24, 2.45) is 0 Å². The van der Waals surface area contributed by atoms with Crippen LogP contribution in [0.1, 0.15) is 25.0 Å². The number of rotatable bonds is 6. The Morgan fingerprint density at radius 1 is 1.08 bits per heavy atom. The van der Waals surface area contributed by atoms with Crippen LogP contribution in [0.2, 0.25) is 0 Å². The van der Waals surface area contributed by atoms with Crippen LogP contribution < -0.4 is 5.32 Å². The normalized spacial score (nSPS) is 12.0. The summed E-state index contributed by atoms with van der Waals surface area (Å²) in [5.41, 5.74) is 0.104. The van der Waals surface area contributed by atoms with Crippen LogP contribution in [0.5, 0.6) is 0 Å². The fourth-order valence-corrected chi connectivity index (χ4v) is 2.81. The summed E-state index contributed by atoms with van der Waals surface area (Å²) in [5.74, 6) is -0.0841. The molecule has 7 heteroatoms. The number of alkyl halides is 3. The molecule has 0 saturated carbocycles. The first-order valence-corrected chi connectivity index (χ1v) is 8.65. The highest BCUT2D eigenvalue weighted by atomic mass is 32.2. The van der Waals surface area contributed by atoms with Gasteiger partial charge in [0.05, 0.1) is 16.3 Å². The lowest BCUT2D eigenvalue weighted by atomic mass is 9.85. The van der Waals surface area contributed by atoms with E-state index in [4.69, 9.17) is 0 Å². The zero-order chi connectivity index (χ0) is 18.5. The SMILES string of the molecule is CC(C)(CNC(=O)CSc1ccc(C(F)(F)F)cn1)c1ccccc1. The number of nitrogens with zero attached hydrogens (tertiary/aromatic N) is 1. The van der Waals surface area contributed by atoms with E-state index in [2.05, 4.69) is 10.3 Å². The molecule has 1 aromatic heterocycles. The van der Waals surface area contributed by atoms with Crippen molar-refractivity contribution in [3.63, 3.8) is 0 Å². The van der Waals surface area contributed by atoms with Crippen molar-refractivity contribution < 1.29 is 18.0 Å². The molecule has 0 bridgehead atoms. The van der Waals surface area contributed by atoms with E-state index in [1.165, 1.54) is 6.07 Å². The van der Waals surface area contributed by atoms with Gasteiger partial charge in [-0.3, -0.25) is 4.79 Å². The Balaban J connectivity index is 1.83. The van der Waals surface area contributed by atoms with E-state index in [0.29, 0.717) is 11.6 Å². The summed E-state index contributed by atoms with van der Waals surface area (Å²) in [7, 11) is 0. The van der Waals surface area contributed by atoms with Gasteiger partial charge in [-0.25, -0.2) is 4.98 Å². The second-order valence-electron chi connectivity index (χ2n) is 6.20. The Morgan fingerprint density at radius 3 is 2.32 bits per heavy atom. The third-order valence-corrected chi connectivity index (χ3v) is 4.64. The van der Waals surface area contributed by atoms with E-state index < -0.39 is 11.7 Å². The van der Waals surface area contributed by atoms with Crippen LogP contribution in [0, 0.1) is 0 Å². The molecule has 2 rings (SSSR count). The number of halogens is 3. The van der Waals surface area contributed by atoms with Crippen molar-refractivity contribution >= 4 is 17.7 Å². The Labute approximate surface area is 149 Å². The summed E-state index contributed by atoms with van der Waals surface area (Å²) in [5, 5.41) is 3.24. The van der Waals surface area contributed by atoms with Crippen LogP contribution in [0.3, 0.4) is 0 Å². The molecule has 0 atom stereocenters. The number of pyridine rings is 1. The first kappa shape index (κ1) is 19.3. The second kappa shape index (κ2) is 7.91. The molecule has 0 aliphatic heterocycles. The highest BCUT2D eigenvalue weighted by Gasteiger charge is 2.30. The molecule has 0 aliphatic rings. The van der Waals surface area contributed by atoms with E-state index in [1.807, 2.05) is 44.2 Å². The number of nitrogens with one attached hydrogen (secondary N) is 1. The minimum Gasteiger partial charge on any atom is -0.355 e. The first-order valence-electron chi connectivity index (χ1n) is 7.67. The highest BCUT2D eigenvalue weighted by molar-refractivity contribution is 7.99. The summed E-state index contributed by atoms with van der Waals surface area (Å²) in [6, 6.07) is 12.1. The van der Waals surface area contributed by atoms with Gasteiger partial charge < -0.3 is 5.32 Å². The molecule has 1 aromatic carbocycles. The smallest absolute Gasteiger partial charge is 0.355 e. The largest absolute Gasteiger partial charge is 0.417 e. The number of carbonyl (C=O) groups excluding carboxylic acids is 1. The van der Waals surface area contributed by atoms with Gasteiger partial charge in [-0.15, -0.1) is 0 Å². The topological polar surface area (TPSA) is 42.0 Å². The fourth-order valence-electron chi connectivity index (χ4n) is 2.13. The van der Waals surface area contributed by atoms with Crippen molar-refractivity contribution in [1.29, 1.82) is 0 Å². The Bertz CT molecular complexity index is 701. The van der Waals surface area contributed by atoms with Crippen molar-refractivity contribution in [3.05, 3.63) is 59.8 Å². The van der Waals surface area contributed by atoms with Crippen LogP contribution in [0.15, 0.2) is 53.7 Å². The fraction of sp³-hybridized carbons (Fsp3) is 0.333. The molecule has 1 N–H and O–H groups in total. The van der Waals surface area contributed by atoms with E-state index in [1.54, 1.807) is 0 Å². The van der Waals surface area contributed by atoms with Crippen molar-refractivity contribution in [3.8, 4) is 0 Å². The van der Waals surface area contributed by atoms with Crippen molar-refractivity contribution in [1.82, 2.24) is 10.3 Å². The molecule has 0 spiro atoms. The summed E-state index contributed by atoms with van der Waals surface area (Å²) >= 11 is 1.10. The summed E-state index contributed by atoms with van der Waals surface area (Å²) in [6.45, 7) is 4.54. The lowest BCUT2D eigenvalue weighted by molar-refractivity contribution is -0.137. The number of hydrogen-bond donors (Lipinski definition) is 1. The quantitative estimate of drug-likeness (QED) is 0.774. The predicted octanol–water partition coefficient (Wildman–Crippen LogP) is 4.29. The van der Waals surface area contributed by atoms with Crippen LogP contribution >= 0.6 is 11.8 Å². The molecule has 0 unspecified atom stereocenters. The van der Waals surface area contributed by atoms with E-state index >= 15 is 0 Å². The maximum absolute atomic E-state index is 12.5. The molecule has 0 radical (unpaired) electrons. The van der Waals surface area contributed by atoms with Gasteiger partial charge in [-0.05, 0) is 17.7 Å². The molecule has 3 nitrogen and oxygen atoms in total. The first-order chi connectivity index (χ1) is 11.7. The molecular formula is C18H19F3N2OS. The maximum Gasteiger partial charge on any atom is 0.417 e. The average Bonchev–Trinajstić information content (AvgIpc) is 2.58. The monoisotopic (exact) mass is 368 g/mol. The molecule has 0 saturated heterocycles. The van der Waals surface area contributed by atoms with Gasteiger partial charge in [0.2, 0.25) is 5.91 Å². The summed E-state index contributed by atoms with van der Waals surface area (Å²) < 4.78 is 37.4. The average molecular weight is 368 g/mol. The zero-order valence-corrected chi connectivity index (χ0v) is 14.7. The van der Waals surface area contributed by atoms with Gasteiger partial charge in [-0.1, -0.05) is 55.9 Å². The molecule has 0 aliphatic carbocycles. The summed E-state index contributed by atoms with van der Waals surface area (Å²) in [6.07, 6.45) is -3.63. The summed E-state index contributed by atoms with van der Waals surface area (Å²) in [4.78, 5) is 15.7. The molecule has 25 heavy (non-hydrogen) atoms.